The summed E-state index contributed by atoms with van der Waals surface area (Å²) in [4.78, 5) is 61.6. The Morgan fingerprint density at radius 3 is 2.14 bits per heavy atom. The van der Waals surface area contributed by atoms with Crippen LogP contribution in [0.25, 0.3) is 0 Å². The molecule has 0 bridgehead atoms. The third-order valence-electron chi connectivity index (χ3n) is 10.6. The molecule has 1 aromatic heterocycles. The van der Waals surface area contributed by atoms with Gasteiger partial charge in [-0.1, -0.05) is 109 Å². The lowest BCUT2D eigenvalue weighted by Crippen LogP contribution is -2.36. The number of epoxide rings is 1. The number of carbonyl (C=O) groups excluding carboxylic acids is 2. The Kier molecular flexibility index (Phi) is 26.3. The van der Waals surface area contributed by atoms with Crippen molar-refractivity contribution in [2.45, 2.75) is 179 Å². The van der Waals surface area contributed by atoms with E-state index in [1.165, 1.54) is 38.2 Å². The van der Waals surface area contributed by atoms with Crippen LogP contribution < -0.4 is 11.4 Å². The Labute approximate surface area is 382 Å². The van der Waals surface area contributed by atoms with Crippen molar-refractivity contribution in [3.05, 3.63) is 59.2 Å². The number of esters is 2. The second kappa shape index (κ2) is 30.3. The van der Waals surface area contributed by atoms with Crippen LogP contribution in [0.15, 0.2) is 53.5 Å². The van der Waals surface area contributed by atoms with Gasteiger partial charge in [0.05, 0.1) is 25.4 Å². The number of phosphoric acid groups is 2. The van der Waals surface area contributed by atoms with Gasteiger partial charge in [-0.2, -0.15) is 9.29 Å². The number of nitrogens with two attached hydrogens (primary N) is 1. The summed E-state index contributed by atoms with van der Waals surface area (Å²) in [6, 6.07) is 1.24. The number of ether oxygens (including phenoxy) is 4. The van der Waals surface area contributed by atoms with E-state index in [0.29, 0.717) is 31.3 Å². The average molecular weight is 962 g/mol. The number of unbranched alkanes of at least 4 members (excludes halogenated alkanes) is 9. The highest BCUT2D eigenvalue weighted by Crippen LogP contribution is 2.60. The molecule has 2 aliphatic rings. The Morgan fingerprint density at radius 1 is 0.800 bits per heavy atom. The number of aliphatic hydroxyl groups is 2. The van der Waals surface area contributed by atoms with Crippen LogP contribution in [-0.2, 0) is 51.0 Å². The van der Waals surface area contributed by atoms with E-state index in [9.17, 15) is 43.5 Å². The zero-order chi connectivity index (χ0) is 47.7. The first kappa shape index (κ1) is 56.3. The van der Waals surface area contributed by atoms with Crippen LogP contribution in [0.3, 0.4) is 0 Å². The number of hydrogen-bond acceptors (Lipinski definition) is 16. The van der Waals surface area contributed by atoms with Crippen molar-refractivity contribution in [1.82, 2.24) is 9.55 Å². The first-order chi connectivity index (χ1) is 31.0. The Bertz CT molecular complexity index is 1810. The van der Waals surface area contributed by atoms with Gasteiger partial charge >= 0.3 is 33.3 Å². The van der Waals surface area contributed by atoms with Crippen LogP contribution in [0.1, 0.15) is 143 Å². The molecule has 19 nitrogen and oxygen atoms in total. The van der Waals surface area contributed by atoms with Crippen molar-refractivity contribution in [2.24, 2.45) is 5.92 Å². The summed E-state index contributed by atoms with van der Waals surface area (Å²) in [6.45, 7) is 4.22. The van der Waals surface area contributed by atoms with Gasteiger partial charge in [0.25, 0.3) is 0 Å². The molecule has 9 atom stereocenters. The van der Waals surface area contributed by atoms with Gasteiger partial charge in [0.2, 0.25) is 0 Å². The Morgan fingerprint density at radius 2 is 1.43 bits per heavy atom. The molecule has 3 heterocycles. The quantitative estimate of drug-likeness (QED) is 0.0147. The van der Waals surface area contributed by atoms with E-state index in [0.717, 1.165) is 62.1 Å². The molecule has 0 amide bonds. The topological polar surface area (TPSA) is 278 Å². The minimum absolute atomic E-state index is 0.0314. The first-order valence-corrected chi connectivity index (χ1v) is 26.0. The van der Waals surface area contributed by atoms with Crippen molar-refractivity contribution in [3.8, 4) is 0 Å². The normalized spacial score (nSPS) is 23.3. The number of allylic oxidation sites excluding steroid dienone is 4. The predicted octanol–water partition coefficient (Wildman–Crippen LogP) is 7.28. The largest absolute Gasteiger partial charge is 0.481 e. The minimum Gasteiger partial charge on any atom is -0.462 e. The molecule has 6 N–H and O–H groups in total. The number of rotatable bonds is 35. The molecule has 21 heteroatoms. The van der Waals surface area contributed by atoms with Crippen molar-refractivity contribution >= 4 is 33.4 Å². The summed E-state index contributed by atoms with van der Waals surface area (Å²) in [5.74, 6) is -0.712. The Balaban J connectivity index is 1.44. The number of aliphatic hydroxyl groups excluding tert-OH is 2. The number of carbonyl (C=O) groups is 2. The molecule has 3 rings (SSSR count). The molecule has 2 fully saturated rings. The van der Waals surface area contributed by atoms with Crippen molar-refractivity contribution < 1.29 is 71.0 Å². The van der Waals surface area contributed by atoms with E-state index in [1.54, 1.807) is 0 Å². The van der Waals surface area contributed by atoms with Crippen molar-refractivity contribution in [1.29, 1.82) is 0 Å². The van der Waals surface area contributed by atoms with Gasteiger partial charge in [0.1, 0.15) is 30.7 Å². The molecule has 0 saturated carbocycles. The summed E-state index contributed by atoms with van der Waals surface area (Å²) >= 11 is 0. The van der Waals surface area contributed by atoms with Crippen LogP contribution in [-0.4, -0.2) is 97.9 Å². The molecule has 1 aromatic rings. The van der Waals surface area contributed by atoms with Crippen LogP contribution in [0.4, 0.5) is 5.82 Å². The monoisotopic (exact) mass is 961 g/mol. The lowest BCUT2D eigenvalue weighted by molar-refractivity contribution is -0.161. The fourth-order valence-corrected chi connectivity index (χ4v) is 8.93. The molecule has 65 heavy (non-hydrogen) atoms. The number of nitrogen functional groups attached to an aromatic ring is 1. The third kappa shape index (κ3) is 24.0. The SMILES string of the molecule is CCCCC/C=C\CC1OC1C/C=C\C/C=C\CCCC(=O)O[C@H](COC(=O)CCCCCCCCC(C)C)COP(=O)(O)OP(=O)(O)OC[C@H]1O[C@@H](n2ccc(N)nc2=O)[C@H](O)[C@@H]1O. The minimum atomic E-state index is -5.43. The highest BCUT2D eigenvalue weighted by atomic mass is 31.3. The standard InChI is InChI=1S/C44H73N3O16P2/c1-4-5-6-7-14-19-24-35-36(61-35)25-20-15-9-8-10-17-22-27-40(49)60-34(30-57-39(48)26-21-16-12-11-13-18-23-33(2)3)31-58-64(53,54)63-65(55,56)59-32-37-41(50)42(51)43(62-37)47-29-28-38(45)46-44(47)52/h8,10,14-15,19-20,28-29,33-37,41-43,50-51H,4-7,9,11-13,16-18,21-27,30-32H2,1-3H3,(H,53,54)(H,55,56)(H2,45,46,52)/b10-8-,19-14-,20-15-/t34-,35?,36?,37-,41-,42-,43-/m1/s1. The summed E-state index contributed by atoms with van der Waals surface area (Å²) in [6.07, 6.45) is 21.8. The van der Waals surface area contributed by atoms with Gasteiger partial charge in [0, 0.05) is 19.0 Å². The zero-order valence-electron chi connectivity index (χ0n) is 38.1. The molecule has 0 spiro atoms. The second-order valence-corrected chi connectivity index (χ2v) is 19.8. The van der Waals surface area contributed by atoms with E-state index < -0.39 is 83.7 Å². The van der Waals surface area contributed by atoms with Crippen LogP contribution in [0.2, 0.25) is 0 Å². The van der Waals surface area contributed by atoms with Crippen molar-refractivity contribution in [3.63, 3.8) is 0 Å². The molecule has 0 aliphatic carbocycles. The molecule has 2 aliphatic heterocycles. The number of anilines is 1. The highest BCUT2D eigenvalue weighted by molar-refractivity contribution is 7.61. The maximum absolute atomic E-state index is 12.8. The van der Waals surface area contributed by atoms with E-state index in [2.05, 4.69) is 54.4 Å². The number of nitrogens with zero attached hydrogens (tertiary/aromatic N) is 2. The van der Waals surface area contributed by atoms with Crippen LogP contribution >= 0.6 is 15.6 Å². The highest BCUT2D eigenvalue weighted by Gasteiger charge is 2.46. The average Bonchev–Trinajstić information content (AvgIpc) is 3.93. The summed E-state index contributed by atoms with van der Waals surface area (Å²) < 4.78 is 62.2. The Hall–Kier alpha value is -3.06. The van der Waals surface area contributed by atoms with Crippen molar-refractivity contribution in [2.75, 3.05) is 25.6 Å². The number of hydrogen-bond donors (Lipinski definition) is 5. The molecular weight excluding hydrogens is 888 g/mol. The third-order valence-corrected chi connectivity index (χ3v) is 13.2. The summed E-state index contributed by atoms with van der Waals surface area (Å²) in [5, 5.41) is 20.9. The first-order valence-electron chi connectivity index (χ1n) is 23.0. The lowest BCUT2D eigenvalue weighted by Gasteiger charge is -2.21. The van der Waals surface area contributed by atoms with E-state index in [1.807, 2.05) is 12.2 Å². The maximum atomic E-state index is 12.8. The summed E-state index contributed by atoms with van der Waals surface area (Å²) in [7, 11) is -10.9. The second-order valence-electron chi connectivity index (χ2n) is 16.8. The molecule has 370 valence electrons. The van der Waals surface area contributed by atoms with Gasteiger partial charge in [0.15, 0.2) is 12.3 Å². The van der Waals surface area contributed by atoms with Gasteiger partial charge < -0.3 is 44.7 Å². The smallest absolute Gasteiger partial charge is 0.462 e. The fraction of sp³-hybridized carbons (Fsp3) is 0.727. The molecule has 0 aromatic carbocycles. The molecular formula is C44H73N3O16P2. The van der Waals surface area contributed by atoms with E-state index in [4.69, 9.17) is 33.7 Å². The molecule has 4 unspecified atom stereocenters. The van der Waals surface area contributed by atoms with Gasteiger partial charge in [-0.05, 0) is 63.4 Å². The lowest BCUT2D eigenvalue weighted by atomic mass is 10.0. The van der Waals surface area contributed by atoms with Crippen LogP contribution in [0, 0.1) is 5.92 Å². The van der Waals surface area contributed by atoms with E-state index in [-0.39, 0.29) is 24.8 Å². The van der Waals surface area contributed by atoms with Gasteiger partial charge in [-0.25, -0.2) is 13.9 Å². The van der Waals surface area contributed by atoms with E-state index >= 15 is 0 Å². The number of phosphoric ester groups is 2. The number of aromatic nitrogens is 2. The maximum Gasteiger partial charge on any atom is 0.481 e. The predicted molar refractivity (Wildman–Crippen MR) is 242 cm³/mol. The van der Waals surface area contributed by atoms with Gasteiger partial charge in [-0.15, -0.1) is 0 Å². The molecule has 2 saturated heterocycles. The molecule has 0 radical (unpaired) electrons. The van der Waals surface area contributed by atoms with Crippen LogP contribution in [0.5, 0.6) is 0 Å². The fourth-order valence-electron chi connectivity index (χ4n) is 6.82. The summed E-state index contributed by atoms with van der Waals surface area (Å²) in [5.41, 5.74) is 4.57. The van der Waals surface area contributed by atoms with Gasteiger partial charge in [-0.3, -0.25) is 23.2 Å². The zero-order valence-corrected chi connectivity index (χ0v) is 39.9.